The zero-order valence-electron chi connectivity index (χ0n) is 17.1. The van der Waals surface area contributed by atoms with E-state index >= 15 is 0 Å². The Bertz CT molecular complexity index is 736. The molecule has 1 aliphatic rings. The lowest BCUT2D eigenvalue weighted by Crippen LogP contribution is -2.50. The summed E-state index contributed by atoms with van der Waals surface area (Å²) in [6.07, 6.45) is 0.407. The summed E-state index contributed by atoms with van der Waals surface area (Å²) in [5.41, 5.74) is 6.88. The molecule has 0 saturated carbocycles. The van der Waals surface area contributed by atoms with Gasteiger partial charge in [-0.15, -0.1) is 0 Å². The summed E-state index contributed by atoms with van der Waals surface area (Å²) in [5, 5.41) is 4.76. The molecule has 0 aromatic carbocycles. The van der Waals surface area contributed by atoms with Crippen LogP contribution in [-0.2, 0) is 9.53 Å². The Balaban J connectivity index is 2.67. The maximum absolute atomic E-state index is 12.9. The maximum atomic E-state index is 12.9. The van der Waals surface area contributed by atoms with Crippen LogP contribution in [0.5, 0.6) is 0 Å². The molecule has 1 fully saturated rings. The van der Waals surface area contributed by atoms with Crippen LogP contribution in [0.4, 0.5) is 13.2 Å². The highest BCUT2D eigenvalue weighted by molar-refractivity contribution is 6.31. The quantitative estimate of drug-likeness (QED) is 0.211. The summed E-state index contributed by atoms with van der Waals surface area (Å²) in [7, 11) is 1.42. The summed E-state index contributed by atoms with van der Waals surface area (Å²) in [6, 6.07) is 0. The topological polar surface area (TPSA) is 74.4 Å². The van der Waals surface area contributed by atoms with Crippen LogP contribution in [0, 0.1) is 0 Å². The second-order valence-corrected chi connectivity index (χ2v) is 6.98. The van der Waals surface area contributed by atoms with Gasteiger partial charge in [0.2, 0.25) is 5.91 Å². The molecule has 12 heteroatoms. The molecule has 0 atom stereocenters. The van der Waals surface area contributed by atoms with Crippen LogP contribution < -0.4 is 5.73 Å². The van der Waals surface area contributed by atoms with Crippen LogP contribution in [0.25, 0.3) is 0 Å². The molecule has 1 saturated heterocycles. The molecule has 0 spiro atoms. The van der Waals surface area contributed by atoms with Crippen molar-refractivity contribution in [3.05, 3.63) is 46.6 Å². The maximum Gasteiger partial charge on any atom is 0.275 e. The van der Waals surface area contributed by atoms with Crippen molar-refractivity contribution in [2.75, 3.05) is 52.9 Å². The molecule has 1 amide bonds. The summed E-state index contributed by atoms with van der Waals surface area (Å²) >= 11 is 11.6. The highest BCUT2D eigenvalue weighted by Gasteiger charge is 2.23. The number of amides is 1. The molecule has 1 aliphatic heterocycles. The summed E-state index contributed by atoms with van der Waals surface area (Å²) < 4.78 is 43.0. The van der Waals surface area contributed by atoms with Crippen molar-refractivity contribution in [2.24, 2.45) is 10.8 Å². The molecule has 2 N–H and O–H groups in total. The van der Waals surface area contributed by atoms with Crippen LogP contribution in [0.15, 0.2) is 51.7 Å². The third-order valence-corrected chi connectivity index (χ3v) is 4.82. The highest BCUT2D eigenvalue weighted by atomic mass is 35.5. The lowest BCUT2D eigenvalue weighted by Gasteiger charge is -2.35. The first-order valence-electron chi connectivity index (χ1n) is 9.27. The number of carbonyl (C=O) groups excluding carboxylic acids is 1. The molecule has 0 aromatic rings. The largest absolute Gasteiger partial charge is 0.495 e. The first-order chi connectivity index (χ1) is 14.7. The Morgan fingerprint density at radius 3 is 2.48 bits per heavy atom. The first-order valence-corrected chi connectivity index (χ1v) is 10.1. The van der Waals surface area contributed by atoms with Crippen molar-refractivity contribution < 1.29 is 22.7 Å². The minimum absolute atomic E-state index is 0.0634. The van der Waals surface area contributed by atoms with Crippen molar-refractivity contribution in [3.8, 4) is 0 Å². The predicted molar refractivity (Wildman–Crippen MR) is 116 cm³/mol. The van der Waals surface area contributed by atoms with Gasteiger partial charge in [0.25, 0.3) is 6.43 Å². The number of ether oxygens (including phenoxy) is 1. The van der Waals surface area contributed by atoms with Crippen molar-refractivity contribution in [1.29, 1.82) is 0 Å². The molecule has 0 bridgehead atoms. The summed E-state index contributed by atoms with van der Waals surface area (Å²) in [5.74, 6) is -0.668. The smallest absolute Gasteiger partial charge is 0.275 e. The number of halogens is 5. The normalized spacial score (nSPS) is 16.9. The van der Waals surface area contributed by atoms with E-state index in [-0.39, 0.29) is 29.7 Å². The standard InChI is InChI=1S/C19H26Cl2F3N5O2/c1-14(22)9-16(21)17(31-2)3-4-27-5-7-28(8-6-27)19(30)13-29(15(10-20)11-25)26-12-18(23)24/h3,9-10,12,18H,1,4-8,11,13,25H2,2H3/b15-10+,16-9+,17-3+,26-12+. The van der Waals surface area contributed by atoms with Crippen molar-refractivity contribution in [2.45, 2.75) is 6.43 Å². The van der Waals surface area contributed by atoms with E-state index in [0.29, 0.717) is 44.7 Å². The van der Waals surface area contributed by atoms with Crippen molar-refractivity contribution >= 4 is 35.3 Å². The van der Waals surface area contributed by atoms with Gasteiger partial charge in [-0.2, -0.15) is 5.10 Å². The van der Waals surface area contributed by atoms with Gasteiger partial charge in [-0.25, -0.2) is 13.2 Å². The van der Waals surface area contributed by atoms with Gasteiger partial charge < -0.3 is 15.4 Å². The van der Waals surface area contributed by atoms with E-state index in [1.54, 1.807) is 11.0 Å². The number of nitrogens with zero attached hydrogens (tertiary/aromatic N) is 4. The van der Waals surface area contributed by atoms with Gasteiger partial charge in [0.15, 0.2) is 0 Å². The number of piperazine rings is 1. The number of methoxy groups -OCH3 is 1. The van der Waals surface area contributed by atoms with Gasteiger partial charge in [-0.05, 0) is 12.2 Å². The minimum Gasteiger partial charge on any atom is -0.495 e. The zero-order chi connectivity index (χ0) is 23.4. The molecule has 0 radical (unpaired) electrons. The molecule has 174 valence electrons. The second kappa shape index (κ2) is 14.1. The van der Waals surface area contributed by atoms with Crippen LogP contribution in [0.1, 0.15) is 0 Å². The molecule has 0 aliphatic carbocycles. The van der Waals surface area contributed by atoms with E-state index in [0.717, 1.165) is 16.6 Å². The zero-order valence-corrected chi connectivity index (χ0v) is 18.6. The number of alkyl halides is 2. The first kappa shape index (κ1) is 27.0. The Kier molecular flexibility index (Phi) is 12.3. The van der Waals surface area contributed by atoms with Crippen LogP contribution in [-0.4, -0.2) is 86.3 Å². The molecular weight excluding hydrogens is 458 g/mol. The fourth-order valence-electron chi connectivity index (χ4n) is 2.66. The Labute approximate surface area is 189 Å². The van der Waals surface area contributed by atoms with E-state index in [4.69, 9.17) is 33.7 Å². The molecular formula is C19H26Cl2F3N5O2. The molecule has 1 heterocycles. The highest BCUT2D eigenvalue weighted by Crippen LogP contribution is 2.18. The summed E-state index contributed by atoms with van der Waals surface area (Å²) in [4.78, 5) is 16.2. The lowest BCUT2D eigenvalue weighted by atomic mass is 10.3. The van der Waals surface area contributed by atoms with Gasteiger partial charge in [-0.3, -0.25) is 14.7 Å². The minimum atomic E-state index is -2.77. The fourth-order valence-corrected chi connectivity index (χ4v) is 3.14. The van der Waals surface area contributed by atoms with Crippen LogP contribution >= 0.6 is 23.2 Å². The van der Waals surface area contributed by atoms with Gasteiger partial charge >= 0.3 is 0 Å². The average molecular weight is 484 g/mol. The molecule has 7 nitrogen and oxygen atoms in total. The Hall–Kier alpha value is -2.01. The SMILES string of the molecule is C=C(F)/C=C(Cl)\C(=C/CN1CCN(C(=O)CN(/N=C/C(F)F)/C(=C/Cl)CN)CC1)OC. The van der Waals surface area contributed by atoms with Gasteiger partial charge in [0.05, 0.1) is 24.1 Å². The number of allylic oxidation sites excluding steroid dienone is 3. The predicted octanol–water partition coefficient (Wildman–Crippen LogP) is 2.86. The lowest BCUT2D eigenvalue weighted by molar-refractivity contribution is -0.133. The second-order valence-electron chi connectivity index (χ2n) is 6.35. The molecule has 1 rings (SSSR count). The fraction of sp³-hybridized carbons (Fsp3) is 0.474. The third kappa shape index (κ3) is 9.77. The van der Waals surface area contributed by atoms with E-state index < -0.39 is 12.3 Å². The monoisotopic (exact) mass is 483 g/mol. The van der Waals surface area contributed by atoms with E-state index in [1.165, 1.54) is 7.11 Å². The van der Waals surface area contributed by atoms with Gasteiger partial charge in [-0.1, -0.05) is 29.8 Å². The van der Waals surface area contributed by atoms with E-state index in [2.05, 4.69) is 11.7 Å². The van der Waals surface area contributed by atoms with E-state index in [9.17, 15) is 18.0 Å². The number of hydrazone groups is 1. The summed E-state index contributed by atoms with van der Waals surface area (Å²) in [6.45, 7) is 5.25. The number of hydrogen-bond donors (Lipinski definition) is 1. The third-order valence-electron chi connectivity index (χ3n) is 4.27. The van der Waals surface area contributed by atoms with Gasteiger partial charge in [0, 0.05) is 44.8 Å². The average Bonchev–Trinajstić information content (AvgIpc) is 2.72. The Morgan fingerprint density at radius 2 is 2.00 bits per heavy atom. The number of carbonyl (C=O) groups is 1. The molecule has 0 aromatic heterocycles. The Morgan fingerprint density at radius 1 is 1.35 bits per heavy atom. The molecule has 0 unspecified atom stereocenters. The van der Waals surface area contributed by atoms with Crippen LogP contribution in [0.2, 0.25) is 0 Å². The van der Waals surface area contributed by atoms with Gasteiger partial charge in [0.1, 0.15) is 18.1 Å². The number of hydrogen-bond acceptors (Lipinski definition) is 6. The van der Waals surface area contributed by atoms with Crippen molar-refractivity contribution in [3.63, 3.8) is 0 Å². The van der Waals surface area contributed by atoms with Crippen molar-refractivity contribution in [1.82, 2.24) is 14.8 Å². The van der Waals surface area contributed by atoms with Crippen LogP contribution in [0.3, 0.4) is 0 Å². The van der Waals surface area contributed by atoms with E-state index in [1.807, 2.05) is 4.90 Å². The molecule has 31 heavy (non-hydrogen) atoms. The number of nitrogens with two attached hydrogens (primary N) is 1. The number of rotatable bonds is 11.